The van der Waals surface area contributed by atoms with Crippen LogP contribution in [0.25, 0.3) is 0 Å². The molecule has 1 aromatic rings. The zero-order valence-corrected chi connectivity index (χ0v) is 19.4. The van der Waals surface area contributed by atoms with Gasteiger partial charge in [0.1, 0.15) is 12.3 Å². The normalized spacial score (nSPS) is 19.4. The quantitative estimate of drug-likeness (QED) is 0.154. The lowest BCUT2D eigenvalue weighted by Gasteiger charge is -2.16. The van der Waals surface area contributed by atoms with E-state index in [2.05, 4.69) is 29.2 Å². The van der Waals surface area contributed by atoms with Gasteiger partial charge in [-0.15, -0.1) is 13.2 Å². The van der Waals surface area contributed by atoms with Gasteiger partial charge in [-0.2, -0.15) is 0 Å². The Labute approximate surface area is 190 Å². The van der Waals surface area contributed by atoms with E-state index in [1.54, 1.807) is 0 Å². The fourth-order valence-electron chi connectivity index (χ4n) is 2.24. The van der Waals surface area contributed by atoms with E-state index < -0.39 is 50.1 Å². The first kappa shape index (κ1) is 30.4. The molecule has 0 unspecified atom stereocenters. The van der Waals surface area contributed by atoms with Crippen LogP contribution in [-0.2, 0) is 18.6 Å². The number of carbonyl (C=O) groups is 1. The lowest BCUT2D eigenvalue weighted by molar-refractivity contribution is -0.132. The molecule has 1 fully saturated rings. The Morgan fingerprint density at radius 2 is 1.85 bits per heavy atom. The molecule has 5 N–H and O–H groups in total. The Hall–Kier alpha value is -2.60. The summed E-state index contributed by atoms with van der Waals surface area (Å²) in [7, 11) is -4.67. The molecule has 1 aliphatic heterocycles. The molecule has 0 spiro atoms. The number of carboxylic acid groups (broad SMARTS) is 1. The number of allylic oxidation sites excluding steroid dienone is 2. The van der Waals surface area contributed by atoms with Gasteiger partial charge >= 0.3 is 19.5 Å². The van der Waals surface area contributed by atoms with Crippen LogP contribution in [0.1, 0.15) is 38.0 Å². The van der Waals surface area contributed by atoms with E-state index >= 15 is 0 Å². The number of ether oxygens (including phenoxy) is 1. The van der Waals surface area contributed by atoms with Crippen molar-refractivity contribution in [1.29, 1.82) is 0 Å². The van der Waals surface area contributed by atoms with E-state index in [0.29, 0.717) is 5.56 Å². The van der Waals surface area contributed by atoms with E-state index in [0.717, 1.165) is 17.4 Å². The maximum Gasteiger partial charge on any atom is 0.469 e. The predicted octanol–water partition coefficient (Wildman–Crippen LogP) is 1.39. The van der Waals surface area contributed by atoms with Gasteiger partial charge in [-0.3, -0.25) is 18.9 Å². The fourth-order valence-corrected chi connectivity index (χ4v) is 2.58. The molecule has 2 heterocycles. The summed E-state index contributed by atoms with van der Waals surface area (Å²) in [6, 6.07) is 0. The standard InChI is InChI=1S/C10H15N2O8P.C6H10.C4H6O2/c1-5-3-12(10(15)11-9(5)14)8-2-6(13)7(20-8)4-19-21(16,17)18;1-3-5-6-4-2;1-3(2)4(5)6/h3,6-8,13H,2,4H2,1H3,(H,11,14,15)(H2,16,17,18);3-4H,1-2,5-6H2;1H2,2H3,(H,5,6)/t6-,7+,8+;;/m0../s1. The zero-order valence-electron chi connectivity index (χ0n) is 18.5. The number of aryl methyl sites for hydroxylation is 1. The minimum atomic E-state index is -4.67. The van der Waals surface area contributed by atoms with Crippen LogP contribution >= 0.6 is 7.82 Å². The Bertz CT molecular complexity index is 958. The molecule has 13 heteroatoms. The van der Waals surface area contributed by atoms with Crippen LogP contribution in [0.3, 0.4) is 0 Å². The number of aliphatic hydroxyl groups excluding tert-OH is 1. The number of aromatic amines is 1. The van der Waals surface area contributed by atoms with Crippen molar-refractivity contribution in [3.8, 4) is 0 Å². The summed E-state index contributed by atoms with van der Waals surface area (Å²) in [5.41, 5.74) is -0.742. The summed E-state index contributed by atoms with van der Waals surface area (Å²) in [4.78, 5) is 51.9. The van der Waals surface area contributed by atoms with Crippen molar-refractivity contribution in [2.75, 3.05) is 6.61 Å². The van der Waals surface area contributed by atoms with Crippen LogP contribution in [0.4, 0.5) is 0 Å². The molecule has 33 heavy (non-hydrogen) atoms. The molecule has 0 aromatic carbocycles. The minimum absolute atomic E-state index is 0.0283. The molecule has 0 radical (unpaired) electrons. The molecule has 3 atom stereocenters. The first-order valence-corrected chi connectivity index (χ1v) is 11.2. The first-order chi connectivity index (χ1) is 15.2. The topological polar surface area (TPSA) is 188 Å². The molecule has 1 aromatic heterocycles. The number of carboxylic acids is 1. The number of unbranched alkanes of at least 4 members (excludes halogenated alkanes) is 1. The smallest absolute Gasteiger partial charge is 0.469 e. The highest BCUT2D eigenvalue weighted by molar-refractivity contribution is 7.46. The van der Waals surface area contributed by atoms with Gasteiger partial charge in [-0.05, 0) is 26.7 Å². The molecule has 0 amide bonds. The SMILES string of the molecule is C=C(C)C(=O)O.C=CCCC=C.Cc1cn([C@H]2C[C@H](O)[C@@H](COP(=O)(O)O)O2)c(=O)[nH]c1=O. The Morgan fingerprint density at radius 3 is 2.27 bits per heavy atom. The Kier molecular flexibility index (Phi) is 13.4. The van der Waals surface area contributed by atoms with Crippen LogP contribution < -0.4 is 11.2 Å². The summed E-state index contributed by atoms with van der Waals surface area (Å²) in [5, 5.41) is 17.7. The van der Waals surface area contributed by atoms with Crippen molar-refractivity contribution >= 4 is 13.8 Å². The van der Waals surface area contributed by atoms with Crippen molar-refractivity contribution in [2.24, 2.45) is 0 Å². The Morgan fingerprint density at radius 1 is 1.33 bits per heavy atom. The molecule has 0 aliphatic carbocycles. The number of rotatable bonds is 8. The van der Waals surface area contributed by atoms with Crippen LogP contribution in [0, 0.1) is 6.92 Å². The van der Waals surface area contributed by atoms with Crippen LogP contribution in [0.15, 0.2) is 53.2 Å². The summed E-state index contributed by atoms with van der Waals surface area (Å²) in [6.45, 7) is 12.7. The number of nitrogens with zero attached hydrogens (tertiary/aromatic N) is 1. The second-order valence-corrected chi connectivity index (χ2v) is 8.18. The van der Waals surface area contributed by atoms with Gasteiger partial charge in [-0.25, -0.2) is 14.2 Å². The predicted molar refractivity (Wildman–Crippen MR) is 121 cm³/mol. The molecule has 0 saturated carbocycles. The fraction of sp³-hybridized carbons (Fsp3) is 0.450. The van der Waals surface area contributed by atoms with Crippen molar-refractivity contribution in [3.05, 3.63) is 70.1 Å². The number of hydrogen-bond acceptors (Lipinski definition) is 7. The number of nitrogens with one attached hydrogen (secondary N) is 1. The monoisotopic (exact) mass is 490 g/mol. The van der Waals surface area contributed by atoms with Gasteiger partial charge in [0.2, 0.25) is 0 Å². The number of aliphatic carboxylic acids is 1. The van der Waals surface area contributed by atoms with Gasteiger partial charge < -0.3 is 24.7 Å². The average Bonchev–Trinajstić information content (AvgIpc) is 3.08. The van der Waals surface area contributed by atoms with Crippen LogP contribution in [0.5, 0.6) is 0 Å². The van der Waals surface area contributed by atoms with Gasteiger partial charge in [0.25, 0.3) is 5.56 Å². The molecule has 12 nitrogen and oxygen atoms in total. The van der Waals surface area contributed by atoms with Gasteiger partial charge in [0.15, 0.2) is 0 Å². The maximum atomic E-state index is 11.7. The van der Waals surface area contributed by atoms with E-state index in [1.165, 1.54) is 20.0 Å². The highest BCUT2D eigenvalue weighted by atomic mass is 31.2. The van der Waals surface area contributed by atoms with Gasteiger partial charge in [-0.1, -0.05) is 18.7 Å². The zero-order chi connectivity index (χ0) is 25.8. The number of aliphatic hydroxyl groups is 1. The molecular weight excluding hydrogens is 459 g/mol. The summed E-state index contributed by atoms with van der Waals surface area (Å²) in [5.74, 6) is -0.935. The maximum absolute atomic E-state index is 11.7. The molecule has 2 rings (SSSR count). The van der Waals surface area contributed by atoms with E-state index in [-0.39, 0.29) is 12.0 Å². The third kappa shape index (κ3) is 12.3. The van der Waals surface area contributed by atoms with E-state index in [9.17, 15) is 24.1 Å². The van der Waals surface area contributed by atoms with Crippen molar-refractivity contribution in [2.45, 2.75) is 51.5 Å². The van der Waals surface area contributed by atoms with Crippen molar-refractivity contribution < 1.29 is 38.6 Å². The first-order valence-electron chi connectivity index (χ1n) is 9.69. The molecule has 1 saturated heterocycles. The highest BCUT2D eigenvalue weighted by Gasteiger charge is 2.37. The highest BCUT2D eigenvalue weighted by Crippen LogP contribution is 2.38. The second kappa shape index (κ2) is 14.5. The Balaban J connectivity index is 0.000000705. The number of H-pyrrole nitrogens is 1. The average molecular weight is 490 g/mol. The molecular formula is C20H31N2O10P. The molecule has 0 bridgehead atoms. The minimum Gasteiger partial charge on any atom is -0.478 e. The van der Waals surface area contributed by atoms with E-state index in [4.69, 9.17) is 19.6 Å². The van der Waals surface area contributed by atoms with E-state index in [1.807, 2.05) is 12.2 Å². The largest absolute Gasteiger partial charge is 0.478 e. The molecule has 186 valence electrons. The second-order valence-electron chi connectivity index (χ2n) is 6.94. The summed E-state index contributed by atoms with van der Waals surface area (Å²) < 4.78 is 21.4. The summed E-state index contributed by atoms with van der Waals surface area (Å²) in [6.07, 6.45) is 4.33. The van der Waals surface area contributed by atoms with Crippen LogP contribution in [-0.4, -0.2) is 54.3 Å². The third-order valence-electron chi connectivity index (χ3n) is 4.01. The number of hydrogen-bond donors (Lipinski definition) is 5. The van der Waals surface area contributed by atoms with Crippen molar-refractivity contribution in [3.63, 3.8) is 0 Å². The van der Waals surface area contributed by atoms with Crippen LogP contribution in [0.2, 0.25) is 0 Å². The van der Waals surface area contributed by atoms with Gasteiger partial charge in [0, 0.05) is 23.8 Å². The number of aromatic nitrogens is 2. The third-order valence-corrected chi connectivity index (χ3v) is 4.49. The van der Waals surface area contributed by atoms with Gasteiger partial charge in [0.05, 0.1) is 12.7 Å². The number of phosphoric ester groups is 1. The lowest BCUT2D eigenvalue weighted by Crippen LogP contribution is -2.33. The van der Waals surface area contributed by atoms with Crippen molar-refractivity contribution in [1.82, 2.24) is 9.55 Å². The number of phosphoric acid groups is 1. The molecule has 1 aliphatic rings. The lowest BCUT2D eigenvalue weighted by atomic mass is 10.2. The summed E-state index contributed by atoms with van der Waals surface area (Å²) >= 11 is 0.